The summed E-state index contributed by atoms with van der Waals surface area (Å²) < 4.78 is 40.7. The number of amides is 2. The average molecular weight is 466 g/mol. The lowest BCUT2D eigenvalue weighted by molar-refractivity contribution is -0.141. The molecule has 2 aromatic heterocycles. The summed E-state index contributed by atoms with van der Waals surface area (Å²) in [6.07, 6.45) is -3.47. The van der Waals surface area contributed by atoms with Crippen LogP contribution in [-0.4, -0.2) is 26.6 Å². The number of anilines is 2. The molecule has 0 saturated heterocycles. The van der Waals surface area contributed by atoms with Crippen molar-refractivity contribution in [3.8, 4) is 5.82 Å². The number of alkyl halides is 3. The van der Waals surface area contributed by atoms with E-state index < -0.39 is 23.5 Å². The molecule has 0 radical (unpaired) electrons. The summed E-state index contributed by atoms with van der Waals surface area (Å²) in [6, 6.07) is 8.48. The highest BCUT2D eigenvalue weighted by Gasteiger charge is 2.36. The lowest BCUT2D eigenvalue weighted by Gasteiger charge is -2.16. The summed E-state index contributed by atoms with van der Waals surface area (Å²) in [4.78, 5) is 29.1. The second-order valence-corrected chi connectivity index (χ2v) is 7.64. The van der Waals surface area contributed by atoms with E-state index in [1.807, 2.05) is 0 Å². The highest BCUT2D eigenvalue weighted by atomic mass is 35.5. The van der Waals surface area contributed by atoms with Crippen molar-refractivity contribution in [3.63, 3.8) is 0 Å². The van der Waals surface area contributed by atoms with Crippen molar-refractivity contribution in [2.45, 2.75) is 26.9 Å². The number of aromatic nitrogens is 3. The quantitative estimate of drug-likeness (QED) is 0.549. The number of halogens is 4. The molecule has 0 bridgehead atoms. The molecule has 2 amide bonds. The Morgan fingerprint density at radius 1 is 1.12 bits per heavy atom. The molecule has 7 nitrogen and oxygen atoms in total. The summed E-state index contributed by atoms with van der Waals surface area (Å²) in [5, 5.41) is 8.80. The van der Waals surface area contributed by atoms with Crippen LogP contribution in [0.1, 0.15) is 35.6 Å². The van der Waals surface area contributed by atoms with E-state index in [0.29, 0.717) is 17.3 Å². The van der Waals surface area contributed by atoms with Crippen LogP contribution in [-0.2, 0) is 11.0 Å². The summed E-state index contributed by atoms with van der Waals surface area (Å²) in [6.45, 7) is 5.10. The van der Waals surface area contributed by atoms with Crippen molar-refractivity contribution in [2.75, 3.05) is 10.6 Å². The number of pyridine rings is 1. The van der Waals surface area contributed by atoms with Gasteiger partial charge in [-0.15, -0.1) is 0 Å². The molecule has 0 aliphatic rings. The molecule has 3 aromatic rings. The van der Waals surface area contributed by atoms with Crippen molar-refractivity contribution >= 4 is 34.8 Å². The molecule has 11 heteroatoms. The van der Waals surface area contributed by atoms with E-state index in [1.54, 1.807) is 39.0 Å². The van der Waals surface area contributed by atoms with Gasteiger partial charge in [0.25, 0.3) is 5.91 Å². The molecule has 3 rings (SSSR count). The van der Waals surface area contributed by atoms with Gasteiger partial charge in [0, 0.05) is 18.2 Å². The molecule has 168 valence electrons. The highest BCUT2D eigenvalue weighted by molar-refractivity contribution is 6.32. The van der Waals surface area contributed by atoms with Crippen LogP contribution in [0.15, 0.2) is 42.6 Å². The minimum atomic E-state index is -4.79. The van der Waals surface area contributed by atoms with E-state index in [9.17, 15) is 22.8 Å². The zero-order chi connectivity index (χ0) is 23.6. The topological polar surface area (TPSA) is 88.9 Å². The van der Waals surface area contributed by atoms with Gasteiger partial charge in [-0.1, -0.05) is 37.6 Å². The molecule has 1 aromatic carbocycles. The van der Waals surface area contributed by atoms with Crippen molar-refractivity contribution in [1.29, 1.82) is 0 Å². The maximum Gasteiger partial charge on any atom is 0.435 e. The fraction of sp³-hybridized carbons (Fsp3) is 0.238. The number of hydrogen-bond acceptors (Lipinski definition) is 4. The van der Waals surface area contributed by atoms with Gasteiger partial charge >= 0.3 is 6.18 Å². The molecule has 0 atom stereocenters. The molecule has 0 saturated carbocycles. The Hall–Kier alpha value is -3.40. The number of hydrogen-bond donors (Lipinski definition) is 2. The van der Waals surface area contributed by atoms with Crippen LogP contribution in [0.4, 0.5) is 24.5 Å². The summed E-state index contributed by atoms with van der Waals surface area (Å²) >= 11 is 6.07. The lowest BCUT2D eigenvalue weighted by Crippen LogP contribution is -2.22. The SMILES string of the molecule is Cc1cccc(NC(=O)C(C)C)c1NC(=O)c1cc(C(F)(F)F)nn1-c1ncccc1Cl. The molecule has 2 heterocycles. The first-order chi connectivity index (χ1) is 15.0. The van der Waals surface area contributed by atoms with E-state index in [0.717, 1.165) is 4.68 Å². The predicted octanol–water partition coefficient (Wildman–Crippen LogP) is 5.09. The number of carbonyl (C=O) groups excluding carboxylic acids is 2. The van der Waals surface area contributed by atoms with Crippen LogP contribution < -0.4 is 10.6 Å². The standard InChI is InChI=1S/C21H19ClF3N5O2/c1-11(2)19(31)27-14-8-4-6-12(3)17(14)28-20(32)15-10-16(21(23,24)25)29-30(15)18-13(22)7-5-9-26-18/h4-11H,1-3H3,(H,27,31)(H,28,32). The van der Waals surface area contributed by atoms with Gasteiger partial charge in [-0.2, -0.15) is 18.3 Å². The van der Waals surface area contributed by atoms with Crippen molar-refractivity contribution < 1.29 is 22.8 Å². The van der Waals surface area contributed by atoms with Crippen LogP contribution in [0, 0.1) is 12.8 Å². The van der Waals surface area contributed by atoms with Gasteiger partial charge in [-0.25, -0.2) is 9.67 Å². The summed E-state index contributed by atoms with van der Waals surface area (Å²) in [5.41, 5.74) is -0.544. The first-order valence-electron chi connectivity index (χ1n) is 9.49. The Bertz CT molecular complexity index is 1170. The van der Waals surface area contributed by atoms with E-state index in [1.165, 1.54) is 18.3 Å². The molecule has 2 N–H and O–H groups in total. The monoisotopic (exact) mass is 465 g/mol. The third kappa shape index (κ3) is 4.91. The van der Waals surface area contributed by atoms with Crippen LogP contribution >= 0.6 is 11.6 Å². The number of benzene rings is 1. The fourth-order valence-electron chi connectivity index (χ4n) is 2.77. The van der Waals surface area contributed by atoms with Crippen molar-refractivity contribution in [2.24, 2.45) is 5.92 Å². The number of carbonyl (C=O) groups is 2. The van der Waals surface area contributed by atoms with Crippen LogP contribution in [0.2, 0.25) is 5.02 Å². The van der Waals surface area contributed by atoms with Gasteiger partial charge < -0.3 is 10.6 Å². The molecule has 0 aliphatic carbocycles. The number of nitrogens with zero attached hydrogens (tertiary/aromatic N) is 3. The molecule has 0 unspecified atom stereocenters. The van der Waals surface area contributed by atoms with Crippen LogP contribution in [0.3, 0.4) is 0 Å². The Kier molecular flexibility index (Phi) is 6.54. The fourth-order valence-corrected chi connectivity index (χ4v) is 2.97. The lowest BCUT2D eigenvalue weighted by atomic mass is 10.1. The third-order valence-corrected chi connectivity index (χ3v) is 4.76. The third-order valence-electron chi connectivity index (χ3n) is 4.47. The van der Waals surface area contributed by atoms with Crippen LogP contribution in [0.25, 0.3) is 5.82 Å². The predicted molar refractivity (Wildman–Crippen MR) is 114 cm³/mol. The normalized spacial score (nSPS) is 11.5. The Morgan fingerprint density at radius 2 is 1.84 bits per heavy atom. The van der Waals surface area contributed by atoms with E-state index >= 15 is 0 Å². The largest absolute Gasteiger partial charge is 0.435 e. The summed E-state index contributed by atoms with van der Waals surface area (Å²) in [5.74, 6) is -1.62. The zero-order valence-corrected chi connectivity index (χ0v) is 18.0. The first-order valence-corrected chi connectivity index (χ1v) is 9.86. The number of rotatable bonds is 5. The first kappa shape index (κ1) is 23.3. The van der Waals surface area contributed by atoms with Gasteiger partial charge in [0.15, 0.2) is 11.5 Å². The van der Waals surface area contributed by atoms with E-state index in [4.69, 9.17) is 11.6 Å². The number of nitrogens with one attached hydrogen (secondary N) is 2. The van der Waals surface area contributed by atoms with Gasteiger partial charge in [0.2, 0.25) is 5.91 Å². The molecule has 0 aliphatic heterocycles. The molecular formula is C21H19ClF3N5O2. The Balaban J connectivity index is 2.05. The number of aryl methyl sites for hydroxylation is 1. The van der Waals surface area contributed by atoms with Gasteiger partial charge in [-0.3, -0.25) is 9.59 Å². The van der Waals surface area contributed by atoms with Gasteiger partial charge in [0.1, 0.15) is 5.69 Å². The average Bonchev–Trinajstić information content (AvgIpc) is 3.16. The van der Waals surface area contributed by atoms with Gasteiger partial charge in [0.05, 0.1) is 16.4 Å². The minimum Gasteiger partial charge on any atom is -0.324 e. The smallest absolute Gasteiger partial charge is 0.324 e. The number of para-hydroxylation sites is 1. The molecule has 0 spiro atoms. The Labute approximate surface area is 186 Å². The van der Waals surface area contributed by atoms with Crippen LogP contribution in [0.5, 0.6) is 0 Å². The zero-order valence-electron chi connectivity index (χ0n) is 17.3. The highest BCUT2D eigenvalue weighted by Crippen LogP contribution is 2.32. The second-order valence-electron chi connectivity index (χ2n) is 7.23. The van der Waals surface area contributed by atoms with Gasteiger partial charge in [-0.05, 0) is 30.7 Å². The van der Waals surface area contributed by atoms with E-state index in [2.05, 4.69) is 20.7 Å². The molecule has 0 fully saturated rings. The maximum atomic E-state index is 13.3. The molecular weight excluding hydrogens is 447 g/mol. The van der Waals surface area contributed by atoms with E-state index in [-0.39, 0.29) is 28.4 Å². The maximum absolute atomic E-state index is 13.3. The van der Waals surface area contributed by atoms with Crippen molar-refractivity contribution in [1.82, 2.24) is 14.8 Å². The summed E-state index contributed by atoms with van der Waals surface area (Å²) in [7, 11) is 0. The van der Waals surface area contributed by atoms with Crippen molar-refractivity contribution in [3.05, 3.63) is 64.6 Å². The molecule has 32 heavy (non-hydrogen) atoms. The Morgan fingerprint density at radius 3 is 2.47 bits per heavy atom. The second kappa shape index (κ2) is 8.99. The minimum absolute atomic E-state index is 0.0131.